The van der Waals surface area contributed by atoms with E-state index in [0.29, 0.717) is 5.84 Å². The first-order valence-electron chi connectivity index (χ1n) is 19.2. The van der Waals surface area contributed by atoms with Gasteiger partial charge in [0.2, 0.25) is 0 Å². The van der Waals surface area contributed by atoms with Crippen molar-refractivity contribution in [1.29, 1.82) is 0 Å². The summed E-state index contributed by atoms with van der Waals surface area (Å²) in [4.78, 5) is 10.2. The summed E-state index contributed by atoms with van der Waals surface area (Å²) in [5.74, 6) is 1.43. The fourth-order valence-corrected chi connectivity index (χ4v) is 8.67. The zero-order chi connectivity index (χ0) is 37.5. The van der Waals surface area contributed by atoms with Crippen molar-refractivity contribution in [2.24, 2.45) is 9.98 Å². The van der Waals surface area contributed by atoms with E-state index in [4.69, 9.17) is 18.8 Å². The smallest absolute Gasteiger partial charge is 0.159 e. The molecule has 0 amide bonds. The van der Waals surface area contributed by atoms with Crippen LogP contribution in [0.1, 0.15) is 22.9 Å². The van der Waals surface area contributed by atoms with E-state index in [2.05, 4.69) is 143 Å². The van der Waals surface area contributed by atoms with Crippen LogP contribution in [0.25, 0.3) is 82.5 Å². The molecule has 0 fully saturated rings. The number of hydrogen-bond donors (Lipinski definition) is 1. The van der Waals surface area contributed by atoms with E-state index in [1.54, 1.807) is 0 Å². The Labute approximate surface area is 326 Å². The third-order valence-electron chi connectivity index (χ3n) is 11.3. The van der Waals surface area contributed by atoms with E-state index >= 15 is 0 Å². The van der Waals surface area contributed by atoms with Crippen molar-refractivity contribution in [3.8, 4) is 16.8 Å². The Bertz CT molecular complexity index is 3390. The Hall–Kier alpha value is -7.70. The summed E-state index contributed by atoms with van der Waals surface area (Å²) >= 11 is 0. The molecule has 12 rings (SSSR count). The van der Waals surface area contributed by atoms with Crippen LogP contribution in [0, 0.1) is 0 Å². The predicted octanol–water partition coefficient (Wildman–Crippen LogP) is 12.7. The summed E-state index contributed by atoms with van der Waals surface area (Å²) in [5, 5.41) is 10.3. The molecule has 0 saturated heterocycles. The lowest BCUT2D eigenvalue weighted by Crippen LogP contribution is -2.33. The second-order valence-corrected chi connectivity index (χ2v) is 14.6. The third-order valence-corrected chi connectivity index (χ3v) is 11.3. The zero-order valence-electron chi connectivity index (χ0n) is 30.6. The monoisotopic (exact) mass is 732 g/mol. The zero-order valence-corrected chi connectivity index (χ0v) is 30.6. The lowest BCUT2D eigenvalue weighted by atomic mass is 9.99. The Kier molecular flexibility index (Phi) is 6.89. The molecule has 57 heavy (non-hydrogen) atoms. The first-order chi connectivity index (χ1) is 28.2. The molecule has 1 unspecified atom stereocenters. The van der Waals surface area contributed by atoms with Gasteiger partial charge in [-0.15, -0.1) is 0 Å². The lowest BCUT2D eigenvalue weighted by molar-refractivity contribution is 0.668. The predicted molar refractivity (Wildman–Crippen MR) is 233 cm³/mol. The molecule has 268 valence electrons. The van der Waals surface area contributed by atoms with Crippen molar-refractivity contribution in [3.05, 3.63) is 199 Å². The molecule has 0 radical (unpaired) electrons. The number of nitrogens with zero attached hydrogens (tertiary/aromatic N) is 3. The van der Waals surface area contributed by atoms with E-state index < -0.39 is 0 Å². The molecule has 1 N–H and O–H groups in total. The number of hydrogen-bond acceptors (Lipinski definition) is 5. The summed E-state index contributed by atoms with van der Waals surface area (Å²) < 4.78 is 15.5. The largest absolute Gasteiger partial charge is 0.456 e. The third kappa shape index (κ3) is 4.97. The van der Waals surface area contributed by atoms with Gasteiger partial charge < -0.3 is 18.7 Å². The van der Waals surface area contributed by atoms with Gasteiger partial charge >= 0.3 is 0 Å². The van der Waals surface area contributed by atoms with Gasteiger partial charge in [-0.3, -0.25) is 0 Å². The molecule has 0 saturated carbocycles. The van der Waals surface area contributed by atoms with Crippen LogP contribution >= 0.6 is 0 Å². The van der Waals surface area contributed by atoms with E-state index in [-0.39, 0.29) is 6.17 Å². The molecule has 4 heterocycles. The molecule has 1 atom stereocenters. The number of rotatable bonds is 5. The number of aliphatic imine (C=N–C) groups is 2. The van der Waals surface area contributed by atoms with Gasteiger partial charge in [0, 0.05) is 38.1 Å². The van der Waals surface area contributed by atoms with Crippen LogP contribution in [0.2, 0.25) is 0 Å². The van der Waals surface area contributed by atoms with Gasteiger partial charge in [0.15, 0.2) is 5.84 Å². The average Bonchev–Trinajstić information content (AvgIpc) is 3.96. The van der Waals surface area contributed by atoms with Gasteiger partial charge in [-0.1, -0.05) is 127 Å². The Morgan fingerprint density at radius 2 is 1.11 bits per heavy atom. The SMILES string of the molecule is c1ccc(C2=NC(c3ccccc3)NC(c3cccc4oc5ccc(-c6ccc7c(c6)oc6cccc(-n8c9ccccc9c9ccccc98)c67)cc5c34)=N2)cc1. The number of para-hydroxylation sites is 2. The van der Waals surface area contributed by atoms with E-state index in [1.165, 1.54) is 21.8 Å². The first-order valence-corrected chi connectivity index (χ1v) is 19.2. The van der Waals surface area contributed by atoms with Crippen LogP contribution < -0.4 is 5.32 Å². The Morgan fingerprint density at radius 1 is 0.456 bits per heavy atom. The summed E-state index contributed by atoms with van der Waals surface area (Å²) in [6.07, 6.45) is -0.302. The summed E-state index contributed by atoms with van der Waals surface area (Å²) in [7, 11) is 0. The highest BCUT2D eigenvalue weighted by atomic mass is 16.3. The molecule has 0 spiro atoms. The van der Waals surface area contributed by atoms with Gasteiger partial charge in [0.25, 0.3) is 0 Å². The first kappa shape index (κ1) is 31.6. The Balaban J connectivity index is 0.993. The molecular weight excluding hydrogens is 701 g/mol. The molecular formula is C51H32N4O2. The highest BCUT2D eigenvalue weighted by Gasteiger charge is 2.24. The molecule has 6 nitrogen and oxygen atoms in total. The van der Waals surface area contributed by atoms with E-state index in [0.717, 1.165) is 83.2 Å². The normalized spacial score (nSPS) is 14.5. The van der Waals surface area contributed by atoms with Crippen molar-refractivity contribution in [1.82, 2.24) is 9.88 Å². The van der Waals surface area contributed by atoms with Gasteiger partial charge in [-0.05, 0) is 71.3 Å². The van der Waals surface area contributed by atoms with Crippen molar-refractivity contribution in [2.75, 3.05) is 0 Å². The van der Waals surface area contributed by atoms with Crippen LogP contribution in [0.15, 0.2) is 201 Å². The number of amidine groups is 2. The highest BCUT2D eigenvalue weighted by molar-refractivity contribution is 6.22. The maximum atomic E-state index is 6.64. The van der Waals surface area contributed by atoms with Crippen molar-refractivity contribution < 1.29 is 8.83 Å². The number of fused-ring (bicyclic) bond motifs is 9. The summed E-state index contributed by atoms with van der Waals surface area (Å²) in [6, 6.07) is 63.2. The van der Waals surface area contributed by atoms with E-state index in [1.807, 2.05) is 48.5 Å². The van der Waals surface area contributed by atoms with Crippen molar-refractivity contribution in [2.45, 2.75) is 6.17 Å². The molecule has 1 aliphatic rings. The van der Waals surface area contributed by atoms with Gasteiger partial charge in [0.05, 0.1) is 22.1 Å². The maximum absolute atomic E-state index is 6.64. The minimum absolute atomic E-state index is 0.302. The molecule has 0 aliphatic carbocycles. The quantitative estimate of drug-likeness (QED) is 0.192. The van der Waals surface area contributed by atoms with Crippen molar-refractivity contribution >= 4 is 77.4 Å². The summed E-state index contributed by atoms with van der Waals surface area (Å²) in [5.41, 5.74) is 11.9. The molecule has 1 aliphatic heterocycles. The van der Waals surface area contributed by atoms with Crippen LogP contribution in [0.4, 0.5) is 0 Å². The number of benzene rings is 8. The lowest BCUT2D eigenvalue weighted by Gasteiger charge is -2.24. The molecule has 0 bridgehead atoms. The maximum Gasteiger partial charge on any atom is 0.159 e. The average molecular weight is 733 g/mol. The number of aromatic nitrogens is 1. The molecule has 6 heteroatoms. The van der Waals surface area contributed by atoms with Crippen LogP contribution in [0.5, 0.6) is 0 Å². The second-order valence-electron chi connectivity index (χ2n) is 14.6. The van der Waals surface area contributed by atoms with Crippen LogP contribution in [-0.4, -0.2) is 16.2 Å². The second kappa shape index (κ2) is 12.4. The van der Waals surface area contributed by atoms with Crippen LogP contribution in [0.3, 0.4) is 0 Å². The minimum Gasteiger partial charge on any atom is -0.456 e. The van der Waals surface area contributed by atoms with Crippen LogP contribution in [-0.2, 0) is 0 Å². The standard InChI is InChI=1S/C51H32N4O2/c1-3-13-31(14-4-1)49-52-50(32-15-5-2-6-16-32)54-51(53-49)38-19-11-23-44-47(38)39-29-33(26-28-43(39)56-44)34-25-27-37-46(30-34)57-45-24-12-22-42(48(37)45)55-40-20-9-7-17-35(40)36-18-8-10-21-41(36)55/h1-30,49H,(H,52,53,54). The fraction of sp³-hybridized carbons (Fsp3) is 0.0196. The molecule has 8 aromatic carbocycles. The van der Waals surface area contributed by atoms with E-state index in [9.17, 15) is 0 Å². The molecule has 11 aromatic rings. The fourth-order valence-electron chi connectivity index (χ4n) is 8.67. The van der Waals surface area contributed by atoms with Gasteiger partial charge in [0.1, 0.15) is 34.3 Å². The van der Waals surface area contributed by atoms with Gasteiger partial charge in [-0.25, -0.2) is 9.98 Å². The van der Waals surface area contributed by atoms with Gasteiger partial charge in [-0.2, -0.15) is 0 Å². The number of furan rings is 2. The Morgan fingerprint density at radius 3 is 1.89 bits per heavy atom. The summed E-state index contributed by atoms with van der Waals surface area (Å²) in [6.45, 7) is 0. The highest BCUT2D eigenvalue weighted by Crippen LogP contribution is 2.41. The topological polar surface area (TPSA) is 68.0 Å². The minimum atomic E-state index is -0.302. The number of nitrogens with one attached hydrogen (secondary N) is 1. The van der Waals surface area contributed by atoms with Crippen molar-refractivity contribution in [3.63, 3.8) is 0 Å². The molecule has 3 aromatic heterocycles.